The molecule has 10 heteroatoms. The van der Waals surface area contributed by atoms with E-state index in [0.717, 1.165) is 27.8 Å². The Labute approximate surface area is 150 Å². The van der Waals surface area contributed by atoms with Crippen LogP contribution in [0.2, 0.25) is 0 Å². The van der Waals surface area contributed by atoms with Gasteiger partial charge in [-0.15, -0.1) is 0 Å². The van der Waals surface area contributed by atoms with E-state index in [0.29, 0.717) is 0 Å². The molecule has 4 rings (SSSR count). The largest absolute Gasteiger partial charge is 0.490 e. The Bertz CT molecular complexity index is 1060. The number of nitrogens with one attached hydrogen (secondary N) is 1. The molecule has 2 N–H and O–H groups in total. The van der Waals surface area contributed by atoms with Gasteiger partial charge in [0.1, 0.15) is 5.65 Å². The predicted octanol–water partition coefficient (Wildman–Crippen LogP) is 3.44. The highest BCUT2D eigenvalue weighted by Crippen LogP contribution is 2.22. The van der Waals surface area contributed by atoms with Crippen molar-refractivity contribution >= 4 is 17.0 Å². The van der Waals surface area contributed by atoms with E-state index in [1.165, 1.54) is 0 Å². The Hall–Kier alpha value is -3.69. The van der Waals surface area contributed by atoms with Crippen LogP contribution >= 0.6 is 0 Å². The highest BCUT2D eigenvalue weighted by Gasteiger charge is 2.38. The van der Waals surface area contributed by atoms with Crippen molar-refractivity contribution in [3.63, 3.8) is 0 Å². The molecule has 7 nitrogen and oxygen atoms in total. The third kappa shape index (κ3) is 4.11. The number of hydrogen-bond donors (Lipinski definition) is 2. The first-order chi connectivity index (χ1) is 12.9. The number of carbonyl (C=O) groups is 1. The highest BCUT2D eigenvalue weighted by atomic mass is 19.4. The lowest BCUT2D eigenvalue weighted by molar-refractivity contribution is -0.192. The van der Waals surface area contributed by atoms with E-state index >= 15 is 0 Å². The van der Waals surface area contributed by atoms with Gasteiger partial charge in [-0.25, -0.2) is 14.5 Å². The molecule has 0 atom stereocenters. The van der Waals surface area contributed by atoms with E-state index in [9.17, 15) is 13.2 Å². The number of halogens is 3. The van der Waals surface area contributed by atoms with Gasteiger partial charge in [0.15, 0.2) is 0 Å². The van der Waals surface area contributed by atoms with Crippen molar-refractivity contribution in [2.24, 2.45) is 0 Å². The summed E-state index contributed by atoms with van der Waals surface area (Å²) in [4.78, 5) is 20.4. The van der Waals surface area contributed by atoms with Gasteiger partial charge in [0.25, 0.3) is 0 Å². The van der Waals surface area contributed by atoms with Gasteiger partial charge in [-0.05, 0) is 18.2 Å². The highest BCUT2D eigenvalue weighted by molar-refractivity contribution is 5.84. The van der Waals surface area contributed by atoms with Gasteiger partial charge in [-0.2, -0.15) is 18.3 Å². The van der Waals surface area contributed by atoms with Crippen molar-refractivity contribution in [3.05, 3.63) is 61.4 Å². The number of H-pyrrole nitrogens is 1. The molecule has 0 fully saturated rings. The topological polar surface area (TPSA) is 96.7 Å². The van der Waals surface area contributed by atoms with Gasteiger partial charge in [-0.1, -0.05) is 6.07 Å². The maximum atomic E-state index is 10.6. The van der Waals surface area contributed by atoms with Gasteiger partial charge >= 0.3 is 12.1 Å². The number of rotatable bonds is 2. The number of aromatic amines is 1. The maximum Gasteiger partial charge on any atom is 0.490 e. The van der Waals surface area contributed by atoms with Crippen LogP contribution in [0.4, 0.5) is 13.2 Å². The van der Waals surface area contributed by atoms with Crippen LogP contribution in [-0.2, 0) is 4.79 Å². The van der Waals surface area contributed by atoms with E-state index in [2.05, 4.69) is 20.1 Å². The molecular weight excluding hydrogens is 363 g/mol. The fraction of sp³-hybridized carbons (Fsp3) is 0.0588. The SMILES string of the molecule is O=C(O)C(F)(F)F.c1cncc(-c2cnn(-c3ccnc4[nH]ccc34)c2)c1. The molecule has 0 radical (unpaired) electrons. The summed E-state index contributed by atoms with van der Waals surface area (Å²) >= 11 is 0. The third-order valence-corrected chi connectivity index (χ3v) is 3.50. The van der Waals surface area contributed by atoms with Crippen LogP contribution in [-0.4, -0.2) is 42.0 Å². The molecule has 4 aromatic rings. The summed E-state index contributed by atoms with van der Waals surface area (Å²) in [5, 5.41) is 12.6. The van der Waals surface area contributed by atoms with Crippen molar-refractivity contribution in [1.29, 1.82) is 0 Å². The molecule has 27 heavy (non-hydrogen) atoms. The Morgan fingerprint density at radius 1 is 1.11 bits per heavy atom. The zero-order chi connectivity index (χ0) is 19.4. The van der Waals surface area contributed by atoms with Crippen LogP contribution in [0.25, 0.3) is 27.8 Å². The van der Waals surface area contributed by atoms with Gasteiger partial charge in [0.2, 0.25) is 0 Å². The van der Waals surface area contributed by atoms with Crippen LogP contribution in [0.5, 0.6) is 0 Å². The van der Waals surface area contributed by atoms with E-state index in [4.69, 9.17) is 9.90 Å². The third-order valence-electron chi connectivity index (χ3n) is 3.50. The average Bonchev–Trinajstić information content (AvgIpc) is 3.31. The lowest BCUT2D eigenvalue weighted by Crippen LogP contribution is -2.21. The fourth-order valence-corrected chi connectivity index (χ4v) is 2.28. The van der Waals surface area contributed by atoms with Crippen LogP contribution in [0.3, 0.4) is 0 Å². The van der Waals surface area contributed by atoms with Gasteiger partial charge in [-0.3, -0.25) is 4.98 Å². The number of aliphatic carboxylic acids is 1. The number of aromatic nitrogens is 5. The summed E-state index contributed by atoms with van der Waals surface area (Å²) in [6, 6.07) is 7.90. The van der Waals surface area contributed by atoms with E-state index in [-0.39, 0.29) is 0 Å². The number of fused-ring (bicyclic) bond motifs is 1. The number of nitrogens with zero attached hydrogens (tertiary/aromatic N) is 4. The molecule has 4 heterocycles. The molecule has 0 spiro atoms. The second kappa shape index (κ2) is 7.28. The summed E-state index contributed by atoms with van der Waals surface area (Å²) < 4.78 is 33.6. The first-order valence-electron chi connectivity index (χ1n) is 7.54. The molecule has 0 saturated heterocycles. The lowest BCUT2D eigenvalue weighted by Gasteiger charge is -2.02. The van der Waals surface area contributed by atoms with E-state index < -0.39 is 12.1 Å². The zero-order valence-corrected chi connectivity index (χ0v) is 13.6. The van der Waals surface area contributed by atoms with E-state index in [1.54, 1.807) is 12.4 Å². The second-order valence-corrected chi connectivity index (χ2v) is 5.29. The smallest absolute Gasteiger partial charge is 0.475 e. The summed E-state index contributed by atoms with van der Waals surface area (Å²) in [6.07, 6.45) is 6.01. The molecule has 0 aliphatic carbocycles. The average molecular weight is 375 g/mol. The zero-order valence-electron chi connectivity index (χ0n) is 13.6. The minimum absolute atomic E-state index is 0.862. The molecule has 0 unspecified atom stereocenters. The Morgan fingerprint density at radius 2 is 1.89 bits per heavy atom. The van der Waals surface area contributed by atoms with Crippen molar-refractivity contribution in [2.45, 2.75) is 6.18 Å². The Morgan fingerprint density at radius 3 is 2.56 bits per heavy atom. The molecular formula is C17H12F3N5O2. The first kappa shape index (κ1) is 18.1. The molecule has 138 valence electrons. The van der Waals surface area contributed by atoms with Crippen molar-refractivity contribution in [2.75, 3.05) is 0 Å². The quantitative estimate of drug-likeness (QED) is 0.559. The van der Waals surface area contributed by atoms with E-state index in [1.807, 2.05) is 53.7 Å². The monoisotopic (exact) mass is 375 g/mol. The number of carboxylic acid groups (broad SMARTS) is 1. The summed E-state index contributed by atoms with van der Waals surface area (Å²) in [6.45, 7) is 0. The Balaban J connectivity index is 0.000000260. The first-order valence-corrected chi connectivity index (χ1v) is 7.54. The maximum absolute atomic E-state index is 10.6. The molecule has 0 amide bonds. The number of alkyl halides is 3. The molecule has 0 bridgehead atoms. The number of carboxylic acids is 1. The number of pyridine rings is 2. The Kier molecular flexibility index (Phi) is 4.88. The molecule has 0 aliphatic rings. The van der Waals surface area contributed by atoms with Crippen LogP contribution in [0, 0.1) is 0 Å². The van der Waals surface area contributed by atoms with Crippen LogP contribution in [0.15, 0.2) is 61.4 Å². The lowest BCUT2D eigenvalue weighted by atomic mass is 10.2. The molecule has 4 aromatic heterocycles. The molecule has 0 aromatic carbocycles. The van der Waals surface area contributed by atoms with Crippen LogP contribution in [0.1, 0.15) is 0 Å². The van der Waals surface area contributed by atoms with Gasteiger partial charge in [0.05, 0.1) is 11.9 Å². The summed E-state index contributed by atoms with van der Waals surface area (Å²) in [5.74, 6) is -2.76. The summed E-state index contributed by atoms with van der Waals surface area (Å²) in [5.41, 5.74) is 3.96. The minimum Gasteiger partial charge on any atom is -0.475 e. The fourth-order valence-electron chi connectivity index (χ4n) is 2.28. The van der Waals surface area contributed by atoms with Gasteiger partial charge < -0.3 is 10.1 Å². The van der Waals surface area contributed by atoms with Crippen LogP contribution < -0.4 is 0 Å². The van der Waals surface area contributed by atoms with Crippen molar-refractivity contribution in [3.8, 4) is 16.8 Å². The predicted molar refractivity (Wildman–Crippen MR) is 90.1 cm³/mol. The van der Waals surface area contributed by atoms with Gasteiger partial charge in [0, 0.05) is 47.5 Å². The summed E-state index contributed by atoms with van der Waals surface area (Å²) in [7, 11) is 0. The molecule has 0 saturated carbocycles. The molecule has 0 aliphatic heterocycles. The number of hydrogen-bond acceptors (Lipinski definition) is 4. The minimum atomic E-state index is -5.08. The second-order valence-electron chi connectivity index (χ2n) is 5.29. The normalized spacial score (nSPS) is 11.1. The standard InChI is InChI=1S/C15H11N5.C2HF3O2/c1-2-11(8-16-5-1)12-9-19-20(10-12)14-4-7-18-15-13(14)3-6-17-15;3-2(4,5)1(6)7/h1-10H,(H,17,18);(H,6,7). The van der Waals surface area contributed by atoms with Crippen molar-refractivity contribution < 1.29 is 23.1 Å². The van der Waals surface area contributed by atoms with Crippen molar-refractivity contribution in [1.82, 2.24) is 24.7 Å².